The molecule has 2 aromatic heterocycles. The number of amides is 1. The Balaban J connectivity index is 1.86. The van der Waals surface area contributed by atoms with Crippen LogP contribution in [0.5, 0.6) is 0 Å². The summed E-state index contributed by atoms with van der Waals surface area (Å²) in [6, 6.07) is 2.01. The number of fused-ring (bicyclic) bond motifs is 1. The predicted molar refractivity (Wildman–Crippen MR) is 85.8 cm³/mol. The summed E-state index contributed by atoms with van der Waals surface area (Å²) < 4.78 is 1.87. The highest BCUT2D eigenvalue weighted by Gasteiger charge is 2.22. The molecule has 4 nitrogen and oxygen atoms in total. The Morgan fingerprint density at radius 2 is 2.25 bits per heavy atom. The molecule has 108 valence electrons. The molecule has 2 aromatic rings. The summed E-state index contributed by atoms with van der Waals surface area (Å²) in [6.07, 6.45) is 1.09. The highest BCUT2D eigenvalue weighted by molar-refractivity contribution is 7.99. The van der Waals surface area contributed by atoms with E-state index in [0.717, 1.165) is 46.1 Å². The van der Waals surface area contributed by atoms with E-state index in [-0.39, 0.29) is 5.91 Å². The predicted octanol–water partition coefficient (Wildman–Crippen LogP) is 2.91. The van der Waals surface area contributed by atoms with Gasteiger partial charge in [0.15, 0.2) is 0 Å². The van der Waals surface area contributed by atoms with Gasteiger partial charge in [0.2, 0.25) is 0 Å². The minimum absolute atomic E-state index is 0.181. The maximum atomic E-state index is 12.6. The van der Waals surface area contributed by atoms with Crippen LogP contribution in [-0.2, 0) is 7.05 Å². The van der Waals surface area contributed by atoms with Gasteiger partial charge in [-0.3, -0.25) is 9.48 Å². The number of hydrogen-bond donors (Lipinski definition) is 0. The van der Waals surface area contributed by atoms with Crippen molar-refractivity contribution in [2.45, 2.75) is 25.5 Å². The number of hydrogen-bond acceptors (Lipinski definition) is 4. The van der Waals surface area contributed by atoms with E-state index >= 15 is 0 Å². The summed E-state index contributed by atoms with van der Waals surface area (Å²) in [4.78, 5) is 16.6. The zero-order valence-corrected chi connectivity index (χ0v) is 13.7. The third-order valence-electron chi connectivity index (χ3n) is 3.76. The molecule has 1 aliphatic rings. The highest BCUT2D eigenvalue weighted by atomic mass is 32.2. The normalized spacial score (nSPS) is 20.4. The number of rotatable bonds is 1. The van der Waals surface area contributed by atoms with Crippen molar-refractivity contribution in [2.24, 2.45) is 7.05 Å². The van der Waals surface area contributed by atoms with Crippen LogP contribution in [-0.4, -0.2) is 44.7 Å². The molecule has 3 heterocycles. The quantitative estimate of drug-likeness (QED) is 0.813. The zero-order valence-electron chi connectivity index (χ0n) is 12.0. The first-order valence-corrected chi connectivity index (χ1v) is 8.77. The minimum Gasteiger partial charge on any atom is -0.337 e. The van der Waals surface area contributed by atoms with Crippen molar-refractivity contribution in [3.8, 4) is 0 Å². The largest absolute Gasteiger partial charge is 0.337 e. The number of carbonyl (C=O) groups is 1. The van der Waals surface area contributed by atoms with Gasteiger partial charge in [0.25, 0.3) is 5.91 Å². The molecular formula is C14H19N3OS2. The molecule has 0 spiro atoms. The topological polar surface area (TPSA) is 38.1 Å². The average Bonchev–Trinajstić information content (AvgIpc) is 2.88. The van der Waals surface area contributed by atoms with E-state index in [4.69, 9.17) is 0 Å². The van der Waals surface area contributed by atoms with E-state index in [0.29, 0.717) is 5.25 Å². The Kier molecular flexibility index (Phi) is 3.77. The second-order valence-electron chi connectivity index (χ2n) is 5.30. The number of thioether (sulfide) groups is 1. The van der Waals surface area contributed by atoms with E-state index in [1.807, 2.05) is 41.4 Å². The lowest BCUT2D eigenvalue weighted by atomic mass is 10.2. The van der Waals surface area contributed by atoms with E-state index < -0.39 is 0 Å². The molecule has 0 bridgehead atoms. The first-order valence-electron chi connectivity index (χ1n) is 6.90. The van der Waals surface area contributed by atoms with Gasteiger partial charge < -0.3 is 4.90 Å². The lowest BCUT2D eigenvalue weighted by Crippen LogP contribution is -2.32. The number of thiophene rings is 1. The van der Waals surface area contributed by atoms with Crippen molar-refractivity contribution >= 4 is 39.2 Å². The summed E-state index contributed by atoms with van der Waals surface area (Å²) in [6.45, 7) is 5.97. The van der Waals surface area contributed by atoms with Crippen LogP contribution in [0.1, 0.15) is 28.7 Å². The molecule has 1 saturated heterocycles. The Labute approximate surface area is 127 Å². The maximum absolute atomic E-state index is 12.6. The molecule has 1 fully saturated rings. The van der Waals surface area contributed by atoms with Crippen LogP contribution >= 0.6 is 23.1 Å². The lowest BCUT2D eigenvalue weighted by molar-refractivity contribution is 0.0772. The summed E-state index contributed by atoms with van der Waals surface area (Å²) in [7, 11) is 1.93. The van der Waals surface area contributed by atoms with Gasteiger partial charge in [0.1, 0.15) is 4.83 Å². The summed E-state index contributed by atoms with van der Waals surface area (Å²) in [5.74, 6) is 1.22. The van der Waals surface area contributed by atoms with Crippen molar-refractivity contribution in [1.29, 1.82) is 0 Å². The fourth-order valence-corrected chi connectivity index (χ4v) is 4.66. The Bertz CT molecular complexity index is 612. The van der Waals surface area contributed by atoms with E-state index in [1.165, 1.54) is 0 Å². The van der Waals surface area contributed by atoms with Crippen LogP contribution in [0.15, 0.2) is 6.07 Å². The smallest absolute Gasteiger partial charge is 0.264 e. The van der Waals surface area contributed by atoms with Crippen molar-refractivity contribution in [2.75, 3.05) is 18.8 Å². The SMILES string of the molecule is Cc1nn(C)c2sc(C(=O)N3CCSC(C)CC3)cc12. The van der Waals surface area contributed by atoms with E-state index in [9.17, 15) is 4.79 Å². The lowest BCUT2D eigenvalue weighted by Gasteiger charge is -2.19. The molecule has 0 radical (unpaired) electrons. The van der Waals surface area contributed by atoms with Gasteiger partial charge in [-0.2, -0.15) is 16.9 Å². The molecule has 1 unspecified atom stereocenters. The first-order chi connectivity index (χ1) is 9.56. The van der Waals surface area contributed by atoms with Crippen LogP contribution < -0.4 is 0 Å². The van der Waals surface area contributed by atoms with Crippen LogP contribution in [0.2, 0.25) is 0 Å². The minimum atomic E-state index is 0.181. The molecule has 0 aromatic carbocycles. The summed E-state index contributed by atoms with van der Waals surface area (Å²) >= 11 is 3.52. The highest BCUT2D eigenvalue weighted by Crippen LogP contribution is 2.29. The Hall–Kier alpha value is -1.01. The second-order valence-corrected chi connectivity index (χ2v) is 7.88. The summed E-state index contributed by atoms with van der Waals surface area (Å²) in [5, 5.41) is 6.15. The Morgan fingerprint density at radius 3 is 3.00 bits per heavy atom. The van der Waals surface area contributed by atoms with Gasteiger partial charge in [-0.05, 0) is 19.4 Å². The second kappa shape index (κ2) is 5.41. The van der Waals surface area contributed by atoms with Gasteiger partial charge in [0.05, 0.1) is 10.6 Å². The van der Waals surface area contributed by atoms with Crippen LogP contribution in [0.3, 0.4) is 0 Å². The van der Waals surface area contributed by atoms with Crippen molar-refractivity contribution in [1.82, 2.24) is 14.7 Å². The monoisotopic (exact) mass is 309 g/mol. The molecule has 1 amide bonds. The molecule has 0 N–H and O–H groups in total. The van der Waals surface area contributed by atoms with Crippen LogP contribution in [0.4, 0.5) is 0 Å². The van der Waals surface area contributed by atoms with Gasteiger partial charge in [-0.15, -0.1) is 11.3 Å². The molecule has 6 heteroatoms. The third-order valence-corrected chi connectivity index (χ3v) is 6.18. The van der Waals surface area contributed by atoms with Crippen molar-refractivity contribution < 1.29 is 4.79 Å². The fraction of sp³-hybridized carbons (Fsp3) is 0.571. The number of carbonyl (C=O) groups excluding carboxylic acids is 1. The molecule has 1 aliphatic heterocycles. The van der Waals surface area contributed by atoms with E-state index in [1.54, 1.807) is 11.3 Å². The summed E-state index contributed by atoms with van der Waals surface area (Å²) in [5.41, 5.74) is 0.998. The number of nitrogens with zero attached hydrogens (tertiary/aromatic N) is 3. The van der Waals surface area contributed by atoms with Gasteiger partial charge in [-0.25, -0.2) is 0 Å². The zero-order chi connectivity index (χ0) is 14.3. The average molecular weight is 309 g/mol. The van der Waals surface area contributed by atoms with Gasteiger partial charge in [-0.1, -0.05) is 6.92 Å². The molecule has 1 atom stereocenters. The van der Waals surface area contributed by atoms with Crippen molar-refractivity contribution in [3.05, 3.63) is 16.6 Å². The third kappa shape index (κ3) is 2.46. The maximum Gasteiger partial charge on any atom is 0.264 e. The molecule has 3 rings (SSSR count). The number of aryl methyl sites for hydroxylation is 2. The standard InChI is InChI=1S/C14H19N3OS2/c1-9-4-5-17(6-7-19-9)13(18)12-8-11-10(2)15-16(3)14(11)20-12/h8-9H,4-7H2,1-3H3. The molecular weight excluding hydrogens is 290 g/mol. The Morgan fingerprint density at radius 1 is 1.45 bits per heavy atom. The van der Waals surface area contributed by atoms with Crippen molar-refractivity contribution in [3.63, 3.8) is 0 Å². The van der Waals surface area contributed by atoms with Gasteiger partial charge in [0, 0.05) is 36.5 Å². The van der Waals surface area contributed by atoms with E-state index in [2.05, 4.69) is 12.0 Å². The fourth-order valence-electron chi connectivity index (χ4n) is 2.57. The van der Waals surface area contributed by atoms with Gasteiger partial charge >= 0.3 is 0 Å². The molecule has 0 saturated carbocycles. The van der Waals surface area contributed by atoms with Crippen LogP contribution in [0, 0.1) is 6.92 Å². The van der Waals surface area contributed by atoms with Crippen LogP contribution in [0.25, 0.3) is 10.2 Å². The first kappa shape index (κ1) is 13.9. The number of aromatic nitrogens is 2. The molecule has 20 heavy (non-hydrogen) atoms. The molecule has 0 aliphatic carbocycles.